The van der Waals surface area contributed by atoms with E-state index < -0.39 is 23.9 Å². The molecule has 0 heterocycles. The van der Waals surface area contributed by atoms with Gasteiger partial charge in [-0.3, -0.25) is 0 Å². The van der Waals surface area contributed by atoms with E-state index in [1.165, 1.54) is 51.4 Å². The van der Waals surface area contributed by atoms with E-state index >= 15 is 0 Å². The Morgan fingerprint density at radius 3 is 0.585 bits per heavy atom. The van der Waals surface area contributed by atoms with Gasteiger partial charge < -0.3 is 39.6 Å². The molecule has 0 radical (unpaired) electrons. The van der Waals surface area contributed by atoms with Gasteiger partial charge in [0.1, 0.15) is 0 Å². The fourth-order valence-electron chi connectivity index (χ4n) is 3.49. The molecule has 0 aromatic carbocycles. The number of hydrogen-bond acceptors (Lipinski definition) is 8. The summed E-state index contributed by atoms with van der Waals surface area (Å²) in [6.45, 7) is 8.55. The van der Waals surface area contributed by atoms with E-state index in [-0.39, 0.29) is 51.9 Å². The molecule has 0 bridgehead atoms. The van der Waals surface area contributed by atoms with Gasteiger partial charge in [-0.1, -0.05) is 130 Å². The fraction of sp³-hybridized carbons (Fsp3) is 0.875. The molecule has 0 saturated carbocycles. The first kappa shape index (κ1) is 49.4. The zero-order valence-electron chi connectivity index (χ0n) is 26.7. The summed E-state index contributed by atoms with van der Waals surface area (Å²) in [6, 6.07) is 0. The summed E-state index contributed by atoms with van der Waals surface area (Å²) < 4.78 is 0. The minimum absolute atomic E-state index is 0. The van der Waals surface area contributed by atoms with Crippen molar-refractivity contribution < 1.29 is 39.6 Å². The van der Waals surface area contributed by atoms with Crippen molar-refractivity contribution >= 4 is 50.1 Å². The topological polar surface area (TPSA) is 161 Å². The third kappa shape index (κ3) is 73.1. The van der Waals surface area contributed by atoms with Gasteiger partial charge in [0.15, 0.2) is 0 Å². The Hall–Kier alpha value is -1.24. The minimum atomic E-state index is -0.920. The van der Waals surface area contributed by atoms with Crippen LogP contribution in [0.2, 0.25) is 0 Å². The van der Waals surface area contributed by atoms with Crippen LogP contribution in [0.5, 0.6) is 0 Å². The van der Waals surface area contributed by atoms with E-state index in [2.05, 4.69) is 27.7 Å². The summed E-state index contributed by atoms with van der Waals surface area (Å²) in [6.07, 6.45) is 22.4. The molecule has 0 atom stereocenters. The number of carboxylic acid groups (broad SMARTS) is 4. The molecule has 0 unspecified atom stereocenters. The molecule has 0 fully saturated rings. The van der Waals surface area contributed by atoms with Gasteiger partial charge in [0, 0.05) is 23.9 Å². The Bertz CT molecular complexity index is 460. The van der Waals surface area contributed by atoms with Crippen LogP contribution in [0.25, 0.3) is 0 Å². The second-order valence-electron chi connectivity index (χ2n) is 10.1. The molecule has 242 valence electrons. The Morgan fingerprint density at radius 2 is 0.463 bits per heavy atom. The van der Waals surface area contributed by atoms with Crippen molar-refractivity contribution in [3.63, 3.8) is 0 Å². The first-order chi connectivity index (χ1) is 19.1. The van der Waals surface area contributed by atoms with Crippen molar-refractivity contribution in [2.45, 2.75) is 182 Å². The standard InChI is InChI=1S/4C8H16O2.Bi.H/c4*1-2-3-4-5-6-7-8(9)10;;/h4*2-7H2,1H3,(H,9,10);;/q;;;;+4;/p-4. The van der Waals surface area contributed by atoms with Crippen LogP contribution in [0.1, 0.15) is 182 Å². The van der Waals surface area contributed by atoms with Crippen LogP contribution in [0.3, 0.4) is 0 Å². The first-order valence-electron chi connectivity index (χ1n) is 15.9. The normalized spacial score (nSPS) is 9.46. The molecule has 0 N–H and O–H groups in total. The van der Waals surface area contributed by atoms with Crippen molar-refractivity contribution in [2.24, 2.45) is 0 Å². The summed E-state index contributed by atoms with van der Waals surface area (Å²) in [5.74, 6) is -3.68. The van der Waals surface area contributed by atoms with Crippen LogP contribution >= 0.6 is 0 Å². The van der Waals surface area contributed by atoms with E-state index in [0.29, 0.717) is 0 Å². The zero-order valence-corrected chi connectivity index (χ0v) is 30.6. The molecule has 0 aliphatic rings. The molecule has 0 rings (SSSR count). The summed E-state index contributed by atoms with van der Waals surface area (Å²) in [4.78, 5) is 39.7. The number of aliphatic carboxylic acids is 4. The van der Waals surface area contributed by atoms with Gasteiger partial charge in [-0.05, 0) is 51.4 Å². The van der Waals surface area contributed by atoms with Crippen molar-refractivity contribution in [2.75, 3.05) is 0 Å². The molecule has 9 heteroatoms. The predicted molar refractivity (Wildman–Crippen MR) is 161 cm³/mol. The van der Waals surface area contributed by atoms with Gasteiger partial charge in [-0.2, -0.15) is 0 Å². The van der Waals surface area contributed by atoms with Gasteiger partial charge in [0.2, 0.25) is 0 Å². The molecular weight excluding hydrogens is 721 g/mol. The third-order valence-electron chi connectivity index (χ3n) is 5.94. The van der Waals surface area contributed by atoms with Crippen LogP contribution in [0.15, 0.2) is 0 Å². The van der Waals surface area contributed by atoms with Gasteiger partial charge in [0.25, 0.3) is 0 Å². The number of unbranched alkanes of at least 4 members (excludes halogenated alkanes) is 16. The fourth-order valence-corrected chi connectivity index (χ4v) is 3.49. The maximum atomic E-state index is 9.92. The van der Waals surface area contributed by atoms with Gasteiger partial charge in [-0.25, -0.2) is 0 Å². The van der Waals surface area contributed by atoms with Gasteiger partial charge in [0.05, 0.1) is 0 Å². The van der Waals surface area contributed by atoms with Crippen LogP contribution in [-0.4, -0.2) is 50.1 Å². The van der Waals surface area contributed by atoms with E-state index in [0.717, 1.165) is 77.0 Å². The first-order valence-corrected chi connectivity index (χ1v) is 15.9. The second kappa shape index (κ2) is 45.7. The second-order valence-corrected chi connectivity index (χ2v) is 10.1. The number of hydrogen-bond donors (Lipinski definition) is 0. The van der Waals surface area contributed by atoms with E-state index in [4.69, 9.17) is 0 Å². The van der Waals surface area contributed by atoms with E-state index in [1.807, 2.05) is 0 Å². The molecule has 0 aliphatic carbocycles. The molecule has 41 heavy (non-hydrogen) atoms. The van der Waals surface area contributed by atoms with Crippen molar-refractivity contribution in [3.8, 4) is 0 Å². The third-order valence-corrected chi connectivity index (χ3v) is 5.94. The molecule has 8 nitrogen and oxygen atoms in total. The quantitative estimate of drug-likeness (QED) is 0.106. The molecule has 0 aromatic rings. The Labute approximate surface area is 270 Å². The summed E-state index contributed by atoms with van der Waals surface area (Å²) in [5, 5.41) is 39.7. The Morgan fingerprint density at radius 1 is 0.317 bits per heavy atom. The maximum absolute atomic E-state index is 9.92. The molecule has 0 amide bonds. The summed E-state index contributed by atoms with van der Waals surface area (Å²) >= 11 is 0. The Kier molecular flexibility index (Phi) is 55.2. The monoisotopic (exact) mass is 782 g/mol. The molecule has 0 saturated heterocycles. The Balaban J connectivity index is -0.000000139. The van der Waals surface area contributed by atoms with Crippen molar-refractivity contribution in [1.82, 2.24) is 0 Å². The number of rotatable bonds is 24. The molecule has 0 spiro atoms. The van der Waals surface area contributed by atoms with E-state index in [1.54, 1.807) is 0 Å². The average Bonchev–Trinajstić information content (AvgIpc) is 2.89. The van der Waals surface area contributed by atoms with Gasteiger partial charge in [-0.15, -0.1) is 0 Å². The van der Waals surface area contributed by atoms with Crippen LogP contribution in [0.4, 0.5) is 0 Å². The van der Waals surface area contributed by atoms with Crippen LogP contribution in [-0.2, 0) is 19.2 Å². The molecular formula is C32H61BiO8. The van der Waals surface area contributed by atoms with Gasteiger partial charge >= 0.3 is 26.2 Å². The van der Waals surface area contributed by atoms with Crippen molar-refractivity contribution in [3.05, 3.63) is 0 Å². The SMILES string of the molecule is CCCCCCCC(=O)[O-].CCCCCCCC(=O)[O-].CCCCCCCC(=O)[O-].CCCCCCCC(=O)[O-].[BiH+4]. The summed E-state index contributed by atoms with van der Waals surface area (Å²) in [7, 11) is 0. The molecule has 0 aromatic heterocycles. The number of carboxylic acids is 4. The van der Waals surface area contributed by atoms with Crippen LogP contribution in [0, 0.1) is 0 Å². The van der Waals surface area contributed by atoms with Crippen molar-refractivity contribution in [1.29, 1.82) is 0 Å². The van der Waals surface area contributed by atoms with E-state index in [9.17, 15) is 39.6 Å². The molecule has 0 aliphatic heterocycles. The average molecular weight is 783 g/mol. The van der Waals surface area contributed by atoms with Crippen LogP contribution < -0.4 is 20.4 Å². The number of carbonyl (C=O) groups is 4. The zero-order chi connectivity index (χ0) is 31.3. The number of carbonyl (C=O) groups excluding carboxylic acids is 4. The predicted octanol–water partition coefficient (Wildman–Crippen LogP) is 3.74. The summed E-state index contributed by atoms with van der Waals surface area (Å²) in [5.41, 5.74) is 0.